The summed E-state index contributed by atoms with van der Waals surface area (Å²) < 4.78 is 0. The average Bonchev–Trinajstić information content (AvgIpc) is 2.12. The zero-order valence-electron chi connectivity index (χ0n) is 5.93. The van der Waals surface area contributed by atoms with Crippen molar-refractivity contribution in [3.63, 3.8) is 0 Å². The van der Waals surface area contributed by atoms with Crippen molar-refractivity contribution in [3.05, 3.63) is 12.2 Å². The molecule has 0 heterocycles. The van der Waals surface area contributed by atoms with E-state index in [-0.39, 0.29) is 6.10 Å². The Morgan fingerprint density at radius 3 is 2.67 bits per heavy atom. The molecule has 0 aromatic heterocycles. The molecule has 1 aliphatic rings. The fourth-order valence-corrected chi connectivity index (χ4v) is 1.55. The van der Waals surface area contributed by atoms with Crippen LogP contribution < -0.4 is 0 Å². The van der Waals surface area contributed by atoms with Crippen LogP contribution in [-0.4, -0.2) is 11.2 Å². The van der Waals surface area contributed by atoms with Crippen molar-refractivity contribution in [1.82, 2.24) is 0 Å². The standard InChI is InChI=1S/C8H14O/c1-3-7-6(2)4-5-8(7)9/h7-9H,2-5H2,1H3/t7-,8-/m1/s1. The molecule has 1 rings (SSSR count). The van der Waals surface area contributed by atoms with E-state index in [4.69, 9.17) is 0 Å². The van der Waals surface area contributed by atoms with Gasteiger partial charge < -0.3 is 5.11 Å². The summed E-state index contributed by atoms with van der Waals surface area (Å²) in [5, 5.41) is 9.30. The summed E-state index contributed by atoms with van der Waals surface area (Å²) in [6.45, 7) is 6.00. The number of rotatable bonds is 1. The highest BCUT2D eigenvalue weighted by Crippen LogP contribution is 2.31. The molecule has 0 amide bonds. The van der Waals surface area contributed by atoms with Crippen molar-refractivity contribution in [3.8, 4) is 0 Å². The van der Waals surface area contributed by atoms with Crippen LogP contribution in [0.2, 0.25) is 0 Å². The van der Waals surface area contributed by atoms with Crippen molar-refractivity contribution in [2.24, 2.45) is 5.92 Å². The van der Waals surface area contributed by atoms with E-state index in [1.807, 2.05) is 0 Å². The molecule has 0 aromatic rings. The fourth-order valence-electron chi connectivity index (χ4n) is 1.55. The lowest BCUT2D eigenvalue weighted by Gasteiger charge is -2.11. The predicted molar refractivity (Wildman–Crippen MR) is 38.2 cm³/mol. The Morgan fingerprint density at radius 2 is 2.44 bits per heavy atom. The first-order valence-corrected chi connectivity index (χ1v) is 3.61. The Morgan fingerprint density at radius 1 is 1.78 bits per heavy atom. The van der Waals surface area contributed by atoms with Crippen LogP contribution in [0.4, 0.5) is 0 Å². The molecule has 0 aromatic carbocycles. The van der Waals surface area contributed by atoms with Crippen LogP contribution in [-0.2, 0) is 0 Å². The third-order valence-corrected chi connectivity index (χ3v) is 2.19. The van der Waals surface area contributed by atoms with Gasteiger partial charge in [0.05, 0.1) is 6.10 Å². The molecule has 1 saturated carbocycles. The number of aliphatic hydroxyl groups excluding tert-OH is 1. The van der Waals surface area contributed by atoms with Gasteiger partial charge in [-0.1, -0.05) is 19.1 Å². The van der Waals surface area contributed by atoms with Crippen LogP contribution in [0, 0.1) is 5.92 Å². The third-order valence-electron chi connectivity index (χ3n) is 2.19. The van der Waals surface area contributed by atoms with E-state index >= 15 is 0 Å². The Bertz CT molecular complexity index is 118. The highest BCUT2D eigenvalue weighted by Gasteiger charge is 2.26. The molecule has 1 N–H and O–H groups in total. The molecule has 52 valence electrons. The molecular formula is C8H14O. The zero-order chi connectivity index (χ0) is 6.85. The first-order valence-electron chi connectivity index (χ1n) is 3.61. The maximum absolute atomic E-state index is 9.30. The molecule has 1 nitrogen and oxygen atoms in total. The smallest absolute Gasteiger partial charge is 0.0608 e. The van der Waals surface area contributed by atoms with Crippen LogP contribution in [0.1, 0.15) is 26.2 Å². The summed E-state index contributed by atoms with van der Waals surface area (Å²) >= 11 is 0. The molecule has 0 spiro atoms. The van der Waals surface area contributed by atoms with Gasteiger partial charge in [-0.15, -0.1) is 0 Å². The van der Waals surface area contributed by atoms with Gasteiger partial charge in [0.15, 0.2) is 0 Å². The van der Waals surface area contributed by atoms with Gasteiger partial charge in [0.1, 0.15) is 0 Å². The van der Waals surface area contributed by atoms with Crippen LogP contribution in [0.3, 0.4) is 0 Å². The Balaban J connectivity index is 2.55. The quantitative estimate of drug-likeness (QED) is 0.530. The van der Waals surface area contributed by atoms with Crippen LogP contribution >= 0.6 is 0 Å². The van der Waals surface area contributed by atoms with Gasteiger partial charge in [-0.05, 0) is 19.3 Å². The van der Waals surface area contributed by atoms with Gasteiger partial charge in [0.25, 0.3) is 0 Å². The summed E-state index contributed by atoms with van der Waals surface area (Å²) in [6.07, 6.45) is 2.90. The second kappa shape index (κ2) is 2.53. The van der Waals surface area contributed by atoms with E-state index in [2.05, 4.69) is 13.5 Å². The lowest BCUT2D eigenvalue weighted by molar-refractivity contribution is 0.140. The van der Waals surface area contributed by atoms with E-state index in [1.54, 1.807) is 0 Å². The van der Waals surface area contributed by atoms with Crippen molar-refractivity contribution in [2.75, 3.05) is 0 Å². The first kappa shape index (κ1) is 6.81. The van der Waals surface area contributed by atoms with Crippen molar-refractivity contribution in [2.45, 2.75) is 32.3 Å². The summed E-state index contributed by atoms with van der Waals surface area (Å²) in [5.74, 6) is 0.394. The molecule has 0 bridgehead atoms. The molecular weight excluding hydrogens is 112 g/mol. The van der Waals surface area contributed by atoms with E-state index in [0.717, 1.165) is 19.3 Å². The average molecular weight is 126 g/mol. The molecule has 1 heteroatoms. The van der Waals surface area contributed by atoms with Crippen LogP contribution in [0.25, 0.3) is 0 Å². The molecule has 1 aliphatic carbocycles. The lowest BCUT2D eigenvalue weighted by Crippen LogP contribution is -2.12. The predicted octanol–water partition coefficient (Wildman–Crippen LogP) is 1.72. The van der Waals surface area contributed by atoms with E-state index in [0.29, 0.717) is 5.92 Å². The molecule has 0 radical (unpaired) electrons. The largest absolute Gasteiger partial charge is 0.392 e. The van der Waals surface area contributed by atoms with E-state index < -0.39 is 0 Å². The second-order valence-electron chi connectivity index (χ2n) is 2.78. The SMILES string of the molecule is C=C1CC[C@@H](O)[C@@H]1CC. The molecule has 0 unspecified atom stereocenters. The van der Waals surface area contributed by atoms with E-state index in [9.17, 15) is 5.11 Å². The van der Waals surface area contributed by atoms with Crippen LogP contribution in [0.15, 0.2) is 12.2 Å². The van der Waals surface area contributed by atoms with Gasteiger partial charge in [-0.3, -0.25) is 0 Å². The molecule has 9 heavy (non-hydrogen) atoms. The highest BCUT2D eigenvalue weighted by atomic mass is 16.3. The van der Waals surface area contributed by atoms with Gasteiger partial charge in [-0.2, -0.15) is 0 Å². The minimum atomic E-state index is -0.0949. The van der Waals surface area contributed by atoms with Crippen molar-refractivity contribution >= 4 is 0 Å². The van der Waals surface area contributed by atoms with Gasteiger partial charge >= 0.3 is 0 Å². The maximum Gasteiger partial charge on any atom is 0.0608 e. The fraction of sp³-hybridized carbons (Fsp3) is 0.750. The normalized spacial score (nSPS) is 35.6. The molecule has 2 atom stereocenters. The van der Waals surface area contributed by atoms with E-state index in [1.165, 1.54) is 5.57 Å². The summed E-state index contributed by atoms with van der Waals surface area (Å²) in [5.41, 5.74) is 1.24. The summed E-state index contributed by atoms with van der Waals surface area (Å²) in [6, 6.07) is 0. The van der Waals surface area contributed by atoms with Gasteiger partial charge in [0.2, 0.25) is 0 Å². The first-order chi connectivity index (χ1) is 4.25. The summed E-state index contributed by atoms with van der Waals surface area (Å²) in [4.78, 5) is 0. The number of hydrogen-bond acceptors (Lipinski definition) is 1. The number of aliphatic hydroxyl groups is 1. The zero-order valence-corrected chi connectivity index (χ0v) is 5.93. The third kappa shape index (κ3) is 1.16. The van der Waals surface area contributed by atoms with Gasteiger partial charge in [0, 0.05) is 5.92 Å². The number of hydrogen-bond donors (Lipinski definition) is 1. The van der Waals surface area contributed by atoms with Gasteiger partial charge in [-0.25, -0.2) is 0 Å². The second-order valence-corrected chi connectivity index (χ2v) is 2.78. The van der Waals surface area contributed by atoms with Crippen LogP contribution in [0.5, 0.6) is 0 Å². The van der Waals surface area contributed by atoms with Crippen molar-refractivity contribution in [1.29, 1.82) is 0 Å². The summed E-state index contributed by atoms with van der Waals surface area (Å²) in [7, 11) is 0. The Labute approximate surface area is 56.4 Å². The minimum absolute atomic E-state index is 0.0949. The minimum Gasteiger partial charge on any atom is -0.392 e. The molecule has 1 fully saturated rings. The Kier molecular flexibility index (Phi) is 1.91. The monoisotopic (exact) mass is 126 g/mol. The highest BCUT2D eigenvalue weighted by molar-refractivity contribution is 5.08. The molecule has 0 saturated heterocycles. The van der Waals surface area contributed by atoms with Crippen molar-refractivity contribution < 1.29 is 5.11 Å². The molecule has 0 aliphatic heterocycles. The topological polar surface area (TPSA) is 20.2 Å². The Hall–Kier alpha value is -0.300. The lowest BCUT2D eigenvalue weighted by atomic mass is 10.00. The maximum atomic E-state index is 9.30.